The topological polar surface area (TPSA) is 86.1 Å². The van der Waals surface area contributed by atoms with Gasteiger partial charge in [-0.05, 0) is 19.1 Å². The van der Waals surface area contributed by atoms with E-state index in [0.717, 1.165) is 11.4 Å². The summed E-state index contributed by atoms with van der Waals surface area (Å²) in [6.45, 7) is 2.03. The highest BCUT2D eigenvalue weighted by atomic mass is 32.2. The van der Waals surface area contributed by atoms with Crippen LogP contribution in [-0.2, 0) is 16.6 Å². The van der Waals surface area contributed by atoms with Gasteiger partial charge in [0.05, 0.1) is 24.1 Å². The van der Waals surface area contributed by atoms with Crippen LogP contribution in [0.5, 0.6) is 0 Å². The summed E-state index contributed by atoms with van der Waals surface area (Å²) in [7, 11) is 3.17. The van der Waals surface area contributed by atoms with Crippen LogP contribution in [0.4, 0.5) is 5.69 Å². The molecule has 0 spiro atoms. The quantitative estimate of drug-likeness (QED) is 0.508. The third-order valence-electron chi connectivity index (χ3n) is 4.08. The Morgan fingerprint density at radius 3 is 2.54 bits per heavy atom. The molecule has 8 heteroatoms. The second kappa shape index (κ2) is 8.71. The zero-order chi connectivity index (χ0) is 20.1. The minimum atomic E-state index is -0.500. The van der Waals surface area contributed by atoms with E-state index < -0.39 is 5.97 Å². The molecule has 144 valence electrons. The number of ether oxygens (including phenoxy) is 1. The van der Waals surface area contributed by atoms with E-state index in [0.29, 0.717) is 16.4 Å². The van der Waals surface area contributed by atoms with Crippen LogP contribution in [0.3, 0.4) is 0 Å². The van der Waals surface area contributed by atoms with Crippen molar-refractivity contribution in [1.82, 2.24) is 14.8 Å². The second-order valence-electron chi connectivity index (χ2n) is 6.11. The minimum absolute atomic E-state index is 0.134. The van der Waals surface area contributed by atoms with E-state index in [1.807, 2.05) is 42.8 Å². The number of anilines is 1. The number of esters is 1. The van der Waals surface area contributed by atoms with Crippen LogP contribution in [0, 0.1) is 6.92 Å². The number of carbonyl (C=O) groups excluding carboxylic acids is 2. The van der Waals surface area contributed by atoms with Crippen LogP contribution >= 0.6 is 11.8 Å². The second-order valence-corrected chi connectivity index (χ2v) is 7.05. The molecule has 0 bridgehead atoms. The van der Waals surface area contributed by atoms with Gasteiger partial charge in [-0.25, -0.2) is 4.79 Å². The highest BCUT2D eigenvalue weighted by molar-refractivity contribution is 7.99. The van der Waals surface area contributed by atoms with Crippen LogP contribution in [0.2, 0.25) is 0 Å². The molecule has 0 atom stereocenters. The maximum absolute atomic E-state index is 12.3. The van der Waals surface area contributed by atoms with Gasteiger partial charge in [-0.1, -0.05) is 53.7 Å². The van der Waals surface area contributed by atoms with E-state index in [1.165, 1.54) is 24.4 Å². The average molecular weight is 396 g/mol. The fraction of sp³-hybridized carbons (Fsp3) is 0.200. The lowest BCUT2D eigenvalue weighted by atomic mass is 10.1. The Balaban J connectivity index is 1.66. The molecule has 0 saturated heterocycles. The summed E-state index contributed by atoms with van der Waals surface area (Å²) in [4.78, 5) is 24.1. The lowest BCUT2D eigenvalue weighted by Crippen LogP contribution is -2.17. The van der Waals surface area contributed by atoms with Gasteiger partial charge in [0, 0.05) is 12.6 Å². The van der Waals surface area contributed by atoms with Crippen molar-refractivity contribution in [1.29, 1.82) is 0 Å². The van der Waals surface area contributed by atoms with E-state index in [9.17, 15) is 9.59 Å². The van der Waals surface area contributed by atoms with Gasteiger partial charge in [-0.2, -0.15) is 0 Å². The van der Waals surface area contributed by atoms with Crippen LogP contribution in [-0.4, -0.2) is 39.5 Å². The number of nitrogens with one attached hydrogen (secondary N) is 1. The summed E-state index contributed by atoms with van der Waals surface area (Å²) in [6, 6.07) is 14.7. The Labute approximate surface area is 167 Å². The van der Waals surface area contributed by atoms with Gasteiger partial charge in [0.15, 0.2) is 11.0 Å². The fourth-order valence-corrected chi connectivity index (χ4v) is 3.30. The fourth-order valence-electron chi connectivity index (χ4n) is 2.59. The van der Waals surface area contributed by atoms with Gasteiger partial charge >= 0.3 is 5.97 Å². The van der Waals surface area contributed by atoms with E-state index in [2.05, 4.69) is 15.5 Å². The maximum Gasteiger partial charge on any atom is 0.339 e. The molecule has 0 radical (unpaired) electrons. The molecular formula is C20H20N4O3S. The van der Waals surface area contributed by atoms with Crippen LogP contribution in [0.1, 0.15) is 15.9 Å². The van der Waals surface area contributed by atoms with Gasteiger partial charge in [-0.15, -0.1) is 10.2 Å². The summed E-state index contributed by atoms with van der Waals surface area (Å²) in [5, 5.41) is 11.8. The van der Waals surface area contributed by atoms with Crippen molar-refractivity contribution in [2.75, 3.05) is 18.2 Å². The molecule has 0 saturated carbocycles. The van der Waals surface area contributed by atoms with Crippen LogP contribution < -0.4 is 5.32 Å². The molecule has 28 heavy (non-hydrogen) atoms. The van der Waals surface area contributed by atoms with Crippen molar-refractivity contribution >= 4 is 29.3 Å². The molecule has 1 N–H and O–H groups in total. The number of methoxy groups -OCH3 is 1. The molecule has 0 aliphatic carbocycles. The molecule has 7 nitrogen and oxygen atoms in total. The number of benzene rings is 2. The number of para-hydroxylation sites is 1. The molecule has 1 heterocycles. The Bertz CT molecular complexity index is 999. The van der Waals surface area contributed by atoms with E-state index in [4.69, 9.17) is 4.74 Å². The van der Waals surface area contributed by atoms with Crippen molar-refractivity contribution in [3.05, 3.63) is 59.7 Å². The first-order valence-corrected chi connectivity index (χ1v) is 9.54. The van der Waals surface area contributed by atoms with Crippen molar-refractivity contribution < 1.29 is 14.3 Å². The lowest BCUT2D eigenvalue weighted by molar-refractivity contribution is -0.113. The number of amides is 1. The standard InChI is InChI=1S/C20H20N4O3S/c1-13-8-10-14(11-9-13)18-22-23-20(24(18)2)28-12-17(25)21-16-7-5-4-6-15(16)19(26)27-3/h4-11H,12H2,1-3H3,(H,21,25). The highest BCUT2D eigenvalue weighted by Gasteiger charge is 2.15. The first-order chi connectivity index (χ1) is 13.5. The minimum Gasteiger partial charge on any atom is -0.465 e. The predicted octanol–water partition coefficient (Wildman–Crippen LogP) is 3.31. The molecule has 3 aromatic rings. The lowest BCUT2D eigenvalue weighted by Gasteiger charge is -2.09. The number of thioether (sulfide) groups is 1. The smallest absolute Gasteiger partial charge is 0.339 e. The van der Waals surface area contributed by atoms with Crippen LogP contribution in [0.15, 0.2) is 53.7 Å². The molecule has 3 rings (SSSR count). The number of nitrogens with zero attached hydrogens (tertiary/aromatic N) is 3. The monoisotopic (exact) mass is 396 g/mol. The summed E-state index contributed by atoms with van der Waals surface area (Å²) < 4.78 is 6.59. The average Bonchev–Trinajstić information content (AvgIpc) is 3.07. The normalized spacial score (nSPS) is 10.5. The highest BCUT2D eigenvalue weighted by Crippen LogP contribution is 2.23. The summed E-state index contributed by atoms with van der Waals surface area (Å²) in [5.41, 5.74) is 2.86. The molecule has 1 amide bonds. The van der Waals surface area contributed by atoms with Crippen molar-refractivity contribution in [3.8, 4) is 11.4 Å². The summed E-state index contributed by atoms with van der Waals surface area (Å²) in [6.07, 6.45) is 0. The van der Waals surface area contributed by atoms with Gasteiger partial charge in [0.2, 0.25) is 5.91 Å². The number of carbonyl (C=O) groups is 2. The van der Waals surface area contributed by atoms with E-state index >= 15 is 0 Å². The zero-order valence-corrected chi connectivity index (χ0v) is 16.6. The Morgan fingerprint density at radius 1 is 1.11 bits per heavy atom. The summed E-state index contributed by atoms with van der Waals surface area (Å²) >= 11 is 1.27. The van der Waals surface area contributed by atoms with Gasteiger partial charge in [0.1, 0.15) is 0 Å². The molecule has 0 aliphatic rings. The molecule has 1 aromatic heterocycles. The SMILES string of the molecule is COC(=O)c1ccccc1NC(=O)CSc1nnc(-c2ccc(C)cc2)n1C. The number of aryl methyl sites for hydroxylation is 1. The van der Waals surface area contributed by atoms with Gasteiger partial charge < -0.3 is 14.6 Å². The Morgan fingerprint density at radius 2 is 1.82 bits per heavy atom. The maximum atomic E-state index is 12.3. The largest absolute Gasteiger partial charge is 0.465 e. The number of rotatable bonds is 6. The van der Waals surface area contributed by atoms with Gasteiger partial charge in [-0.3, -0.25) is 4.79 Å². The third-order valence-corrected chi connectivity index (χ3v) is 5.10. The molecule has 0 fully saturated rings. The summed E-state index contributed by atoms with van der Waals surface area (Å²) in [5.74, 6) is 0.120. The first-order valence-electron chi connectivity index (χ1n) is 8.56. The Kier molecular flexibility index (Phi) is 6.10. The molecular weight excluding hydrogens is 376 g/mol. The number of aromatic nitrogens is 3. The van der Waals surface area contributed by atoms with E-state index in [1.54, 1.807) is 24.3 Å². The molecule has 2 aromatic carbocycles. The number of hydrogen-bond donors (Lipinski definition) is 1. The van der Waals surface area contributed by atoms with Crippen molar-refractivity contribution in [2.45, 2.75) is 12.1 Å². The van der Waals surface area contributed by atoms with Crippen molar-refractivity contribution in [3.63, 3.8) is 0 Å². The Hall–Kier alpha value is -3.13. The van der Waals surface area contributed by atoms with E-state index in [-0.39, 0.29) is 11.7 Å². The zero-order valence-electron chi connectivity index (χ0n) is 15.8. The molecule has 0 unspecified atom stereocenters. The van der Waals surface area contributed by atoms with Crippen LogP contribution in [0.25, 0.3) is 11.4 Å². The van der Waals surface area contributed by atoms with Gasteiger partial charge in [0.25, 0.3) is 0 Å². The predicted molar refractivity (Wildman–Crippen MR) is 108 cm³/mol. The third kappa shape index (κ3) is 4.40. The molecule has 0 aliphatic heterocycles. The number of hydrogen-bond acceptors (Lipinski definition) is 6. The first kappa shape index (κ1) is 19.6. The van der Waals surface area contributed by atoms with Crippen molar-refractivity contribution in [2.24, 2.45) is 7.05 Å².